The third-order valence-corrected chi connectivity index (χ3v) is 3.99. The fraction of sp³-hybridized carbons (Fsp3) is 0.588. The average molecular weight is 308 g/mol. The van der Waals surface area contributed by atoms with Crippen LogP contribution >= 0.6 is 0 Å². The molecule has 4 nitrogen and oxygen atoms in total. The van der Waals surface area contributed by atoms with Crippen LogP contribution < -0.4 is 5.32 Å². The van der Waals surface area contributed by atoms with Crippen molar-refractivity contribution in [2.45, 2.75) is 38.2 Å². The molecule has 0 aliphatic carbocycles. The second kappa shape index (κ2) is 8.73. The van der Waals surface area contributed by atoms with Crippen LogP contribution in [0.25, 0.3) is 0 Å². The third kappa shape index (κ3) is 5.64. The highest BCUT2D eigenvalue weighted by Gasteiger charge is 2.15. The van der Waals surface area contributed by atoms with Crippen molar-refractivity contribution in [1.29, 1.82) is 0 Å². The van der Waals surface area contributed by atoms with Crippen molar-refractivity contribution < 1.29 is 13.9 Å². The molecule has 1 aliphatic rings. The van der Waals surface area contributed by atoms with Crippen molar-refractivity contribution in [3.63, 3.8) is 0 Å². The standard InChI is InChI=1S/C17H25FN2O2/c1-20(12-2-4-16-5-3-13-22-16)17(21)19-11-10-14-6-8-15(18)9-7-14/h6-9,16H,2-5,10-13H2,1H3,(H,19,21). The molecule has 1 fully saturated rings. The van der Waals surface area contributed by atoms with Crippen LogP contribution in [0.5, 0.6) is 0 Å². The van der Waals surface area contributed by atoms with Gasteiger partial charge in [-0.2, -0.15) is 0 Å². The van der Waals surface area contributed by atoms with E-state index in [-0.39, 0.29) is 11.8 Å². The first-order valence-corrected chi connectivity index (χ1v) is 8.00. The Hall–Kier alpha value is -1.62. The van der Waals surface area contributed by atoms with E-state index >= 15 is 0 Å². The predicted molar refractivity (Wildman–Crippen MR) is 84.3 cm³/mol. The number of nitrogens with zero attached hydrogens (tertiary/aromatic N) is 1. The fourth-order valence-corrected chi connectivity index (χ4v) is 2.63. The molecule has 1 heterocycles. The van der Waals surface area contributed by atoms with Crippen molar-refractivity contribution >= 4 is 6.03 Å². The molecular formula is C17H25FN2O2. The maximum absolute atomic E-state index is 12.8. The molecule has 1 aliphatic heterocycles. The first-order chi connectivity index (χ1) is 10.6. The molecule has 1 aromatic rings. The molecule has 22 heavy (non-hydrogen) atoms. The van der Waals surface area contributed by atoms with E-state index < -0.39 is 0 Å². The maximum atomic E-state index is 12.8. The number of hydrogen-bond donors (Lipinski definition) is 1. The number of carbonyl (C=O) groups is 1. The number of ether oxygens (including phenoxy) is 1. The summed E-state index contributed by atoms with van der Waals surface area (Å²) in [5, 5.41) is 2.89. The Morgan fingerprint density at radius 2 is 2.18 bits per heavy atom. The number of carbonyl (C=O) groups excluding carboxylic acids is 1. The van der Waals surface area contributed by atoms with Gasteiger partial charge in [-0.25, -0.2) is 9.18 Å². The minimum atomic E-state index is -0.237. The van der Waals surface area contributed by atoms with Crippen LogP contribution in [0.1, 0.15) is 31.2 Å². The minimum Gasteiger partial charge on any atom is -0.378 e. The molecule has 0 radical (unpaired) electrons. The highest BCUT2D eigenvalue weighted by Crippen LogP contribution is 2.16. The van der Waals surface area contributed by atoms with E-state index in [1.807, 2.05) is 7.05 Å². The highest BCUT2D eigenvalue weighted by molar-refractivity contribution is 5.73. The lowest BCUT2D eigenvalue weighted by atomic mass is 10.1. The largest absolute Gasteiger partial charge is 0.378 e. The molecule has 0 bridgehead atoms. The number of halogens is 1. The Morgan fingerprint density at radius 3 is 2.86 bits per heavy atom. The Balaban J connectivity index is 1.58. The van der Waals surface area contributed by atoms with Gasteiger partial charge in [0, 0.05) is 26.7 Å². The van der Waals surface area contributed by atoms with E-state index in [1.165, 1.54) is 12.1 Å². The molecular weight excluding hydrogens is 283 g/mol. The van der Waals surface area contributed by atoms with Gasteiger partial charge in [-0.3, -0.25) is 0 Å². The highest BCUT2D eigenvalue weighted by atomic mass is 19.1. The summed E-state index contributed by atoms with van der Waals surface area (Å²) in [6.45, 7) is 2.17. The van der Waals surface area contributed by atoms with E-state index in [4.69, 9.17) is 4.74 Å². The van der Waals surface area contributed by atoms with E-state index in [2.05, 4.69) is 5.32 Å². The normalized spacial score (nSPS) is 17.5. The molecule has 0 aromatic heterocycles. The second-order valence-corrected chi connectivity index (χ2v) is 5.81. The van der Waals surface area contributed by atoms with Gasteiger partial charge in [-0.15, -0.1) is 0 Å². The van der Waals surface area contributed by atoms with Gasteiger partial charge in [0.25, 0.3) is 0 Å². The summed E-state index contributed by atoms with van der Waals surface area (Å²) in [4.78, 5) is 13.6. The number of amides is 2. The number of nitrogens with one attached hydrogen (secondary N) is 1. The van der Waals surface area contributed by atoms with Crippen molar-refractivity contribution in [1.82, 2.24) is 10.2 Å². The van der Waals surface area contributed by atoms with Gasteiger partial charge in [-0.05, 0) is 49.8 Å². The van der Waals surface area contributed by atoms with Crippen LogP contribution in [0, 0.1) is 5.82 Å². The molecule has 1 atom stereocenters. The van der Waals surface area contributed by atoms with Crippen LogP contribution in [0.2, 0.25) is 0 Å². The lowest BCUT2D eigenvalue weighted by molar-refractivity contribution is 0.100. The average Bonchev–Trinajstić information content (AvgIpc) is 3.02. The molecule has 1 unspecified atom stereocenters. The lowest BCUT2D eigenvalue weighted by Crippen LogP contribution is -2.38. The molecule has 2 amide bonds. The van der Waals surface area contributed by atoms with E-state index in [1.54, 1.807) is 17.0 Å². The molecule has 122 valence electrons. The SMILES string of the molecule is CN(CCCC1CCCO1)C(=O)NCCc1ccc(F)cc1. The minimum absolute atomic E-state index is 0.0607. The van der Waals surface area contributed by atoms with Crippen LogP contribution in [-0.4, -0.2) is 43.8 Å². The van der Waals surface area contributed by atoms with Crippen molar-refractivity contribution in [3.05, 3.63) is 35.6 Å². The van der Waals surface area contributed by atoms with Crippen LogP contribution in [0.15, 0.2) is 24.3 Å². The number of rotatable bonds is 7. The molecule has 1 aromatic carbocycles. The van der Waals surface area contributed by atoms with Crippen molar-refractivity contribution in [2.75, 3.05) is 26.7 Å². The van der Waals surface area contributed by atoms with Gasteiger partial charge >= 0.3 is 6.03 Å². The quantitative estimate of drug-likeness (QED) is 0.841. The smallest absolute Gasteiger partial charge is 0.317 e. The third-order valence-electron chi connectivity index (χ3n) is 3.99. The Kier molecular flexibility index (Phi) is 6.65. The summed E-state index contributed by atoms with van der Waals surface area (Å²) >= 11 is 0. The van der Waals surface area contributed by atoms with E-state index in [9.17, 15) is 9.18 Å². The zero-order valence-electron chi connectivity index (χ0n) is 13.2. The summed E-state index contributed by atoms with van der Waals surface area (Å²) in [7, 11) is 1.81. The molecule has 2 rings (SSSR count). The summed E-state index contributed by atoms with van der Waals surface area (Å²) in [5.41, 5.74) is 1.02. The predicted octanol–water partition coefficient (Wildman–Crippen LogP) is 2.97. The summed E-state index contributed by atoms with van der Waals surface area (Å²) in [6.07, 6.45) is 5.38. The number of hydrogen-bond acceptors (Lipinski definition) is 2. The summed E-state index contributed by atoms with van der Waals surface area (Å²) < 4.78 is 18.4. The van der Waals surface area contributed by atoms with Crippen molar-refractivity contribution in [2.24, 2.45) is 0 Å². The zero-order chi connectivity index (χ0) is 15.8. The van der Waals surface area contributed by atoms with Gasteiger partial charge in [0.15, 0.2) is 0 Å². The second-order valence-electron chi connectivity index (χ2n) is 5.81. The first kappa shape index (κ1) is 16.7. The Bertz CT molecular complexity index is 458. The van der Waals surface area contributed by atoms with Crippen LogP contribution in [-0.2, 0) is 11.2 Å². The van der Waals surface area contributed by atoms with Gasteiger partial charge in [0.1, 0.15) is 5.82 Å². The Morgan fingerprint density at radius 1 is 1.41 bits per heavy atom. The Labute approximate surface area is 131 Å². The molecule has 1 saturated heterocycles. The van der Waals surface area contributed by atoms with Gasteiger partial charge in [-0.1, -0.05) is 12.1 Å². The lowest BCUT2D eigenvalue weighted by Gasteiger charge is -2.19. The summed E-state index contributed by atoms with van der Waals surface area (Å²) in [5.74, 6) is -0.237. The molecule has 5 heteroatoms. The van der Waals surface area contributed by atoms with Gasteiger partial charge in [0.2, 0.25) is 0 Å². The maximum Gasteiger partial charge on any atom is 0.317 e. The fourth-order valence-electron chi connectivity index (χ4n) is 2.63. The number of urea groups is 1. The summed E-state index contributed by atoms with van der Waals surface area (Å²) in [6, 6.07) is 6.30. The van der Waals surface area contributed by atoms with Gasteiger partial charge in [0.05, 0.1) is 6.10 Å². The molecule has 1 N–H and O–H groups in total. The van der Waals surface area contributed by atoms with E-state index in [0.717, 1.165) is 44.4 Å². The monoisotopic (exact) mass is 308 g/mol. The number of benzene rings is 1. The van der Waals surface area contributed by atoms with Crippen LogP contribution in [0.3, 0.4) is 0 Å². The molecule has 0 spiro atoms. The zero-order valence-corrected chi connectivity index (χ0v) is 13.2. The molecule has 0 saturated carbocycles. The van der Waals surface area contributed by atoms with E-state index in [0.29, 0.717) is 19.1 Å². The topological polar surface area (TPSA) is 41.6 Å². The first-order valence-electron chi connectivity index (χ1n) is 8.00. The van der Waals surface area contributed by atoms with Gasteiger partial charge < -0.3 is 15.0 Å². The van der Waals surface area contributed by atoms with Crippen LogP contribution in [0.4, 0.5) is 9.18 Å². The van der Waals surface area contributed by atoms with Crippen molar-refractivity contribution in [3.8, 4) is 0 Å².